The Hall–Kier alpha value is -1.11. The fourth-order valence-electron chi connectivity index (χ4n) is 2.87. The molecule has 1 N–H and O–H groups in total. The van der Waals surface area contributed by atoms with Gasteiger partial charge in [0.15, 0.2) is 10.8 Å². The van der Waals surface area contributed by atoms with E-state index in [1.807, 2.05) is 0 Å². The summed E-state index contributed by atoms with van der Waals surface area (Å²) in [6, 6.07) is 0.438. The minimum atomic E-state index is 0.438. The molecule has 0 aromatic carbocycles. The minimum Gasteiger partial charge on any atom is -0.377 e. The fraction of sp³-hybridized carbons (Fsp3) is 0.667. The number of imidazole rings is 1. The lowest BCUT2D eigenvalue weighted by Gasteiger charge is -2.36. The molecule has 0 bridgehead atoms. The molecule has 1 saturated heterocycles. The molecule has 3 heterocycles. The predicted octanol–water partition coefficient (Wildman–Crippen LogP) is 2.51. The monoisotopic (exact) mass is 308 g/mol. The molecular weight excluding hydrogens is 284 g/mol. The van der Waals surface area contributed by atoms with Crippen molar-refractivity contribution in [2.75, 3.05) is 31.2 Å². The molecule has 1 fully saturated rings. The molecule has 2 aromatic rings. The molecule has 1 atom stereocenters. The second-order valence-corrected chi connectivity index (χ2v) is 6.32. The zero-order valence-corrected chi connectivity index (χ0v) is 13.7. The van der Waals surface area contributed by atoms with Crippen molar-refractivity contribution in [2.45, 2.75) is 39.3 Å². The standard InChI is InChI=1S/C15H24N4OS/c1-3-5-16-10-13-14(17-15-19(13)7-9-21-15)18-6-8-20-11-12(18)4-2/h7,9,12,16H,3-6,8,10-11H2,1-2H3. The topological polar surface area (TPSA) is 41.8 Å². The molecule has 0 aliphatic carbocycles. The Labute approximate surface area is 129 Å². The van der Waals surface area contributed by atoms with Crippen molar-refractivity contribution >= 4 is 22.1 Å². The summed E-state index contributed by atoms with van der Waals surface area (Å²) in [5, 5.41) is 5.62. The van der Waals surface area contributed by atoms with Gasteiger partial charge in [0.2, 0.25) is 0 Å². The van der Waals surface area contributed by atoms with Gasteiger partial charge in [0.25, 0.3) is 0 Å². The van der Waals surface area contributed by atoms with Gasteiger partial charge >= 0.3 is 0 Å². The van der Waals surface area contributed by atoms with Gasteiger partial charge < -0.3 is 15.0 Å². The Kier molecular flexibility index (Phi) is 4.77. The lowest BCUT2D eigenvalue weighted by Crippen LogP contribution is -2.46. The number of fused-ring (bicyclic) bond motifs is 1. The van der Waals surface area contributed by atoms with E-state index < -0.39 is 0 Å². The summed E-state index contributed by atoms with van der Waals surface area (Å²) in [4.78, 5) is 8.40. The van der Waals surface area contributed by atoms with Crippen LogP contribution in [0.4, 0.5) is 5.82 Å². The van der Waals surface area contributed by atoms with Gasteiger partial charge in [-0.2, -0.15) is 0 Å². The molecule has 6 heteroatoms. The third-order valence-electron chi connectivity index (χ3n) is 4.03. The molecule has 0 amide bonds. The maximum Gasteiger partial charge on any atom is 0.195 e. The third kappa shape index (κ3) is 2.93. The van der Waals surface area contributed by atoms with Crippen LogP contribution in [0.1, 0.15) is 32.4 Å². The first-order valence-corrected chi connectivity index (χ1v) is 8.72. The Morgan fingerprint density at radius 1 is 1.48 bits per heavy atom. The first-order valence-electron chi connectivity index (χ1n) is 7.84. The van der Waals surface area contributed by atoms with Crippen LogP contribution in [0.15, 0.2) is 11.6 Å². The highest BCUT2D eigenvalue weighted by Crippen LogP contribution is 2.28. The summed E-state index contributed by atoms with van der Waals surface area (Å²) in [5.41, 5.74) is 1.28. The molecule has 116 valence electrons. The number of aromatic nitrogens is 2. The maximum atomic E-state index is 5.63. The van der Waals surface area contributed by atoms with Gasteiger partial charge in [-0.25, -0.2) is 4.98 Å². The van der Waals surface area contributed by atoms with Crippen molar-refractivity contribution < 1.29 is 4.74 Å². The van der Waals surface area contributed by atoms with Crippen molar-refractivity contribution in [1.82, 2.24) is 14.7 Å². The highest BCUT2D eigenvalue weighted by molar-refractivity contribution is 7.15. The third-order valence-corrected chi connectivity index (χ3v) is 4.79. The highest BCUT2D eigenvalue weighted by atomic mass is 32.1. The number of hydrogen-bond donors (Lipinski definition) is 1. The second-order valence-electron chi connectivity index (χ2n) is 5.44. The van der Waals surface area contributed by atoms with Crippen LogP contribution in [-0.2, 0) is 11.3 Å². The molecule has 2 aromatic heterocycles. The number of thiazole rings is 1. The van der Waals surface area contributed by atoms with Crippen LogP contribution in [0.3, 0.4) is 0 Å². The SMILES string of the molecule is CCCNCc1c(N2CCOCC2CC)nc2sccn12. The van der Waals surface area contributed by atoms with Gasteiger partial charge in [-0.15, -0.1) is 11.3 Å². The van der Waals surface area contributed by atoms with Crippen molar-refractivity contribution in [3.8, 4) is 0 Å². The largest absolute Gasteiger partial charge is 0.377 e. The van der Waals surface area contributed by atoms with Crippen LogP contribution in [0.2, 0.25) is 0 Å². The number of nitrogens with one attached hydrogen (secondary N) is 1. The van der Waals surface area contributed by atoms with Crippen LogP contribution < -0.4 is 10.2 Å². The molecule has 1 aliphatic rings. The van der Waals surface area contributed by atoms with E-state index in [4.69, 9.17) is 9.72 Å². The first kappa shape index (κ1) is 14.8. The van der Waals surface area contributed by atoms with Gasteiger partial charge in [0.1, 0.15) is 0 Å². The summed E-state index contributed by atoms with van der Waals surface area (Å²) in [5.74, 6) is 1.14. The number of nitrogens with zero attached hydrogens (tertiary/aromatic N) is 3. The Morgan fingerprint density at radius 3 is 3.19 bits per heavy atom. The highest BCUT2D eigenvalue weighted by Gasteiger charge is 2.27. The zero-order valence-electron chi connectivity index (χ0n) is 12.8. The molecule has 0 saturated carbocycles. The number of ether oxygens (including phenoxy) is 1. The maximum absolute atomic E-state index is 5.63. The van der Waals surface area contributed by atoms with E-state index in [-0.39, 0.29) is 0 Å². The molecule has 5 nitrogen and oxygen atoms in total. The number of anilines is 1. The van der Waals surface area contributed by atoms with Gasteiger partial charge in [-0.05, 0) is 19.4 Å². The second kappa shape index (κ2) is 6.77. The van der Waals surface area contributed by atoms with E-state index in [0.29, 0.717) is 6.04 Å². The van der Waals surface area contributed by atoms with Crippen LogP contribution in [0.25, 0.3) is 4.96 Å². The van der Waals surface area contributed by atoms with Crippen LogP contribution >= 0.6 is 11.3 Å². The zero-order chi connectivity index (χ0) is 14.7. The van der Waals surface area contributed by atoms with E-state index in [0.717, 1.165) is 56.5 Å². The number of morpholine rings is 1. The van der Waals surface area contributed by atoms with Crippen LogP contribution in [0.5, 0.6) is 0 Å². The van der Waals surface area contributed by atoms with Gasteiger partial charge in [0.05, 0.1) is 24.9 Å². The molecule has 0 radical (unpaired) electrons. The Morgan fingerprint density at radius 2 is 2.38 bits per heavy atom. The van der Waals surface area contributed by atoms with Gasteiger partial charge in [-0.1, -0.05) is 13.8 Å². The molecule has 1 aliphatic heterocycles. The van der Waals surface area contributed by atoms with E-state index in [1.54, 1.807) is 11.3 Å². The summed E-state index contributed by atoms with van der Waals surface area (Å²) in [6.45, 7) is 8.86. The quantitative estimate of drug-likeness (QED) is 0.833. The van der Waals surface area contributed by atoms with Crippen LogP contribution in [0, 0.1) is 0 Å². The lowest BCUT2D eigenvalue weighted by molar-refractivity contribution is 0.0925. The molecular formula is C15H24N4OS. The van der Waals surface area contributed by atoms with Gasteiger partial charge in [-0.3, -0.25) is 4.40 Å². The minimum absolute atomic E-state index is 0.438. The molecule has 0 spiro atoms. The molecule has 21 heavy (non-hydrogen) atoms. The number of rotatable bonds is 6. The van der Waals surface area contributed by atoms with Crippen molar-refractivity contribution in [3.05, 3.63) is 17.3 Å². The molecule has 1 unspecified atom stereocenters. The van der Waals surface area contributed by atoms with E-state index >= 15 is 0 Å². The molecule has 3 rings (SSSR count). The Bertz CT molecular complexity index is 579. The summed E-state index contributed by atoms with van der Waals surface area (Å²) in [7, 11) is 0. The number of hydrogen-bond acceptors (Lipinski definition) is 5. The van der Waals surface area contributed by atoms with E-state index in [9.17, 15) is 0 Å². The Balaban J connectivity index is 1.92. The van der Waals surface area contributed by atoms with Crippen molar-refractivity contribution in [3.63, 3.8) is 0 Å². The average molecular weight is 308 g/mol. The summed E-state index contributed by atoms with van der Waals surface area (Å²) in [6.07, 6.45) is 4.36. The first-order chi connectivity index (χ1) is 10.3. The summed E-state index contributed by atoms with van der Waals surface area (Å²) < 4.78 is 7.86. The fourth-order valence-corrected chi connectivity index (χ4v) is 3.60. The lowest BCUT2D eigenvalue weighted by atomic mass is 10.1. The van der Waals surface area contributed by atoms with Crippen LogP contribution in [-0.4, -0.2) is 41.7 Å². The smallest absolute Gasteiger partial charge is 0.195 e. The van der Waals surface area contributed by atoms with Crippen molar-refractivity contribution in [2.24, 2.45) is 0 Å². The van der Waals surface area contributed by atoms with Gasteiger partial charge in [0, 0.05) is 24.7 Å². The normalized spacial score (nSPS) is 19.5. The van der Waals surface area contributed by atoms with Crippen molar-refractivity contribution in [1.29, 1.82) is 0 Å². The van der Waals surface area contributed by atoms with E-state index in [1.165, 1.54) is 5.69 Å². The summed E-state index contributed by atoms with van der Waals surface area (Å²) >= 11 is 1.70. The van der Waals surface area contributed by atoms with E-state index in [2.05, 4.69) is 40.0 Å². The average Bonchev–Trinajstić information content (AvgIpc) is 3.09. The predicted molar refractivity (Wildman–Crippen MR) is 87.3 cm³/mol.